The number of carbonyl (C=O) groups excluding carboxylic acids is 1. The van der Waals surface area contributed by atoms with Crippen LogP contribution in [0.1, 0.15) is 39.5 Å². The van der Waals surface area contributed by atoms with Crippen molar-refractivity contribution >= 4 is 18.9 Å². The van der Waals surface area contributed by atoms with Crippen LogP contribution in [0.5, 0.6) is 0 Å². The van der Waals surface area contributed by atoms with Crippen LogP contribution < -0.4 is 5.32 Å². The van der Waals surface area contributed by atoms with Crippen molar-refractivity contribution in [1.29, 1.82) is 0 Å². The molecule has 0 saturated carbocycles. The zero-order chi connectivity index (χ0) is 11.1. The van der Waals surface area contributed by atoms with Crippen molar-refractivity contribution in [2.75, 3.05) is 19.7 Å². The number of rotatable bonds is 6. The maximum atomic E-state index is 10.1. The lowest BCUT2D eigenvalue weighted by Crippen LogP contribution is -2.38. The summed E-state index contributed by atoms with van der Waals surface area (Å²) in [4.78, 5) is 10.1. The molecule has 96 valence electrons. The third kappa shape index (κ3) is 5.17. The Kier molecular flexibility index (Phi) is 7.77. The number of halogens is 1. The van der Waals surface area contributed by atoms with E-state index in [4.69, 9.17) is 4.74 Å². The Morgan fingerprint density at radius 1 is 1.38 bits per heavy atom. The normalized spacial score (nSPS) is 18.9. The quantitative estimate of drug-likeness (QED) is 0.580. The van der Waals surface area contributed by atoms with Gasteiger partial charge in [-0.1, -0.05) is 13.8 Å². The molecule has 3 nitrogen and oxygen atoms in total. The van der Waals surface area contributed by atoms with E-state index in [1.807, 2.05) is 0 Å². The van der Waals surface area contributed by atoms with E-state index in [1.54, 1.807) is 0 Å². The van der Waals surface area contributed by atoms with Crippen LogP contribution in [-0.2, 0) is 9.53 Å². The minimum absolute atomic E-state index is 0. The van der Waals surface area contributed by atoms with Crippen molar-refractivity contribution in [3.63, 3.8) is 0 Å². The highest BCUT2D eigenvalue weighted by Crippen LogP contribution is 2.38. The van der Waals surface area contributed by atoms with Crippen molar-refractivity contribution in [3.8, 4) is 0 Å². The average Bonchev–Trinajstić information content (AvgIpc) is 2.18. The fourth-order valence-corrected chi connectivity index (χ4v) is 2.70. The van der Waals surface area contributed by atoms with Gasteiger partial charge in [-0.2, -0.15) is 0 Å². The first kappa shape index (κ1) is 15.7. The van der Waals surface area contributed by atoms with E-state index >= 15 is 0 Å². The fourth-order valence-electron chi connectivity index (χ4n) is 2.70. The number of nitrogens with one attached hydrogen (secondary N) is 1. The minimum Gasteiger partial charge on any atom is -0.468 e. The standard InChI is InChI=1S/C12H23NO2.ClH/c1-11(2)9-12(5-8-15-10-14)3-6-13-7-4-12;/h10-11,13H,3-9H2,1-2H3;1H. The maximum Gasteiger partial charge on any atom is 0.293 e. The average molecular weight is 250 g/mol. The third-order valence-electron chi connectivity index (χ3n) is 3.32. The zero-order valence-corrected chi connectivity index (χ0v) is 11.1. The lowest BCUT2D eigenvalue weighted by atomic mass is 9.71. The Balaban J connectivity index is 0.00000225. The second-order valence-corrected chi connectivity index (χ2v) is 5.06. The Morgan fingerprint density at radius 2 is 2.00 bits per heavy atom. The number of hydrogen-bond donors (Lipinski definition) is 1. The van der Waals surface area contributed by atoms with Crippen LogP contribution in [0.2, 0.25) is 0 Å². The second kappa shape index (κ2) is 7.91. The predicted octanol–water partition coefficient (Wildman–Crippen LogP) is 2.39. The number of piperidine rings is 1. The van der Waals surface area contributed by atoms with Gasteiger partial charge < -0.3 is 10.1 Å². The van der Waals surface area contributed by atoms with Gasteiger partial charge in [-0.3, -0.25) is 4.79 Å². The second-order valence-electron chi connectivity index (χ2n) is 5.06. The molecule has 1 aliphatic heterocycles. The molecule has 0 spiro atoms. The van der Waals surface area contributed by atoms with Crippen LogP contribution in [-0.4, -0.2) is 26.2 Å². The molecule has 1 aliphatic rings. The molecule has 0 radical (unpaired) electrons. The summed E-state index contributed by atoms with van der Waals surface area (Å²) >= 11 is 0. The highest BCUT2D eigenvalue weighted by molar-refractivity contribution is 5.85. The van der Waals surface area contributed by atoms with Gasteiger partial charge in [0.1, 0.15) is 0 Å². The summed E-state index contributed by atoms with van der Waals surface area (Å²) in [6.07, 6.45) is 4.70. The monoisotopic (exact) mass is 249 g/mol. The molecule has 0 aliphatic carbocycles. The van der Waals surface area contributed by atoms with Crippen molar-refractivity contribution in [2.45, 2.75) is 39.5 Å². The van der Waals surface area contributed by atoms with Crippen molar-refractivity contribution in [1.82, 2.24) is 5.32 Å². The van der Waals surface area contributed by atoms with Gasteiger partial charge in [-0.25, -0.2) is 0 Å². The van der Waals surface area contributed by atoms with E-state index in [9.17, 15) is 4.79 Å². The summed E-state index contributed by atoms with van der Waals surface area (Å²) in [7, 11) is 0. The van der Waals surface area contributed by atoms with Crippen molar-refractivity contribution in [2.24, 2.45) is 11.3 Å². The summed E-state index contributed by atoms with van der Waals surface area (Å²) in [5.74, 6) is 0.722. The fraction of sp³-hybridized carbons (Fsp3) is 0.917. The molecule has 0 amide bonds. The minimum atomic E-state index is 0. The molecule has 4 heteroatoms. The lowest BCUT2D eigenvalue weighted by Gasteiger charge is -2.39. The topological polar surface area (TPSA) is 38.3 Å². The van der Waals surface area contributed by atoms with Gasteiger partial charge in [0.2, 0.25) is 0 Å². The third-order valence-corrected chi connectivity index (χ3v) is 3.32. The predicted molar refractivity (Wildman–Crippen MR) is 67.9 cm³/mol. The van der Waals surface area contributed by atoms with Gasteiger partial charge in [-0.15, -0.1) is 12.4 Å². The van der Waals surface area contributed by atoms with Crippen LogP contribution >= 0.6 is 12.4 Å². The molecule has 0 aromatic carbocycles. The van der Waals surface area contributed by atoms with Gasteiger partial charge >= 0.3 is 0 Å². The van der Waals surface area contributed by atoms with Gasteiger partial charge in [-0.05, 0) is 50.1 Å². The molecule has 1 rings (SSSR count). The van der Waals surface area contributed by atoms with Crippen molar-refractivity contribution < 1.29 is 9.53 Å². The molecular weight excluding hydrogens is 226 g/mol. The van der Waals surface area contributed by atoms with Crippen LogP contribution in [0.4, 0.5) is 0 Å². The van der Waals surface area contributed by atoms with Crippen LogP contribution in [0.15, 0.2) is 0 Å². The summed E-state index contributed by atoms with van der Waals surface area (Å²) < 4.78 is 4.84. The first-order chi connectivity index (χ1) is 7.18. The molecule has 0 bridgehead atoms. The molecule has 1 saturated heterocycles. The van der Waals surface area contributed by atoms with Gasteiger partial charge in [0.15, 0.2) is 0 Å². The molecule has 1 fully saturated rings. The molecule has 0 aromatic rings. The molecule has 0 atom stereocenters. The van der Waals surface area contributed by atoms with Crippen LogP contribution in [0, 0.1) is 11.3 Å². The molecule has 0 aromatic heterocycles. The van der Waals surface area contributed by atoms with Gasteiger partial charge in [0.25, 0.3) is 6.47 Å². The van der Waals surface area contributed by atoms with Crippen LogP contribution in [0.25, 0.3) is 0 Å². The lowest BCUT2D eigenvalue weighted by molar-refractivity contribution is -0.129. The molecule has 16 heavy (non-hydrogen) atoms. The number of carbonyl (C=O) groups is 1. The van der Waals surface area contributed by atoms with Gasteiger partial charge in [0.05, 0.1) is 6.61 Å². The van der Waals surface area contributed by atoms with E-state index in [1.165, 1.54) is 19.3 Å². The molecular formula is C12H24ClNO2. The number of hydrogen-bond acceptors (Lipinski definition) is 3. The molecule has 0 unspecified atom stereocenters. The maximum absolute atomic E-state index is 10.1. The Labute approximate surface area is 105 Å². The largest absolute Gasteiger partial charge is 0.468 e. The van der Waals surface area contributed by atoms with Gasteiger partial charge in [0, 0.05) is 0 Å². The highest BCUT2D eigenvalue weighted by atomic mass is 35.5. The number of ether oxygens (including phenoxy) is 1. The summed E-state index contributed by atoms with van der Waals surface area (Å²) in [5, 5.41) is 3.39. The molecule has 1 N–H and O–H groups in total. The highest BCUT2D eigenvalue weighted by Gasteiger charge is 2.32. The van der Waals surface area contributed by atoms with E-state index in [0.29, 0.717) is 18.5 Å². The Bertz CT molecular complexity index is 191. The van der Waals surface area contributed by atoms with E-state index in [0.717, 1.165) is 25.4 Å². The Morgan fingerprint density at radius 3 is 2.50 bits per heavy atom. The van der Waals surface area contributed by atoms with E-state index < -0.39 is 0 Å². The zero-order valence-electron chi connectivity index (χ0n) is 10.3. The van der Waals surface area contributed by atoms with E-state index in [2.05, 4.69) is 19.2 Å². The Hall–Kier alpha value is -0.280. The van der Waals surface area contributed by atoms with Crippen molar-refractivity contribution in [3.05, 3.63) is 0 Å². The van der Waals surface area contributed by atoms with E-state index in [-0.39, 0.29) is 12.4 Å². The summed E-state index contributed by atoms with van der Waals surface area (Å²) in [5.41, 5.74) is 0.405. The smallest absolute Gasteiger partial charge is 0.293 e. The summed E-state index contributed by atoms with van der Waals surface area (Å²) in [6, 6.07) is 0. The molecule has 1 heterocycles. The first-order valence-corrected chi connectivity index (χ1v) is 5.94. The SMILES string of the molecule is CC(C)CC1(CCOC=O)CCNCC1.Cl. The first-order valence-electron chi connectivity index (χ1n) is 5.94. The summed E-state index contributed by atoms with van der Waals surface area (Å²) in [6.45, 7) is 7.89. The van der Waals surface area contributed by atoms with Crippen LogP contribution in [0.3, 0.4) is 0 Å².